The van der Waals surface area contributed by atoms with E-state index >= 15 is 0 Å². The molecular formula is C20H14N4O5. The first-order valence-electron chi connectivity index (χ1n) is 8.44. The van der Waals surface area contributed by atoms with E-state index in [0.29, 0.717) is 5.56 Å². The highest BCUT2D eigenvalue weighted by Crippen LogP contribution is 2.40. The fourth-order valence-corrected chi connectivity index (χ4v) is 2.92. The zero-order valence-electron chi connectivity index (χ0n) is 15.0. The summed E-state index contributed by atoms with van der Waals surface area (Å²) in [7, 11) is 0. The number of benzene rings is 2. The molecule has 9 nitrogen and oxygen atoms in total. The number of rotatable bonds is 6. The van der Waals surface area contributed by atoms with Crippen LogP contribution < -0.4 is 4.74 Å². The average molecular weight is 390 g/mol. The van der Waals surface area contributed by atoms with Gasteiger partial charge in [-0.25, -0.2) is 0 Å². The van der Waals surface area contributed by atoms with Crippen molar-refractivity contribution in [3.8, 4) is 23.6 Å². The van der Waals surface area contributed by atoms with Crippen molar-refractivity contribution in [1.29, 1.82) is 10.5 Å². The second-order valence-electron chi connectivity index (χ2n) is 6.19. The average Bonchev–Trinajstić information content (AvgIpc) is 3.00. The molecule has 0 spiro atoms. The van der Waals surface area contributed by atoms with Crippen molar-refractivity contribution in [3.63, 3.8) is 0 Å². The number of aromatic hydroxyl groups is 1. The lowest BCUT2D eigenvalue weighted by Gasteiger charge is -2.17. The molecule has 0 bridgehead atoms. The van der Waals surface area contributed by atoms with E-state index in [2.05, 4.69) is 0 Å². The lowest BCUT2D eigenvalue weighted by molar-refractivity contribution is -0.384. The number of non-ortho nitro benzene ring substituents is 1. The number of hydrogen-bond donors (Lipinski definition) is 1. The van der Waals surface area contributed by atoms with Gasteiger partial charge in [-0.15, -0.1) is 0 Å². The summed E-state index contributed by atoms with van der Waals surface area (Å²) in [6.07, 6.45) is 1.39. The molecule has 0 saturated heterocycles. The number of phenols is 1. The molecule has 0 aromatic heterocycles. The van der Waals surface area contributed by atoms with Gasteiger partial charge >= 0.3 is 0 Å². The van der Waals surface area contributed by atoms with Crippen molar-refractivity contribution in [2.45, 2.75) is 6.54 Å². The van der Waals surface area contributed by atoms with Crippen molar-refractivity contribution in [1.82, 2.24) is 4.90 Å². The van der Waals surface area contributed by atoms with E-state index < -0.39 is 10.7 Å². The lowest BCUT2D eigenvalue weighted by Crippen LogP contribution is -2.24. The van der Waals surface area contributed by atoms with Crippen molar-refractivity contribution < 1.29 is 19.6 Å². The Bertz CT molecular complexity index is 1090. The van der Waals surface area contributed by atoms with Gasteiger partial charge in [-0.2, -0.15) is 10.5 Å². The number of nitro groups is 1. The predicted molar refractivity (Wildman–Crippen MR) is 101 cm³/mol. The molecule has 3 rings (SSSR count). The summed E-state index contributed by atoms with van der Waals surface area (Å²) in [6.45, 7) is -0.0461. The fourth-order valence-electron chi connectivity index (χ4n) is 2.92. The molecular weight excluding hydrogens is 376 g/mol. The maximum Gasteiger partial charge on any atom is 0.270 e. The van der Waals surface area contributed by atoms with Crippen LogP contribution in [-0.2, 0) is 6.54 Å². The van der Waals surface area contributed by atoms with Crippen LogP contribution in [0, 0.1) is 32.8 Å². The number of carbonyl (C=O) groups is 1. The van der Waals surface area contributed by atoms with Crippen LogP contribution in [0.2, 0.25) is 0 Å². The molecule has 9 heteroatoms. The summed E-state index contributed by atoms with van der Waals surface area (Å²) in [5, 5.41) is 39.0. The van der Waals surface area contributed by atoms with E-state index in [1.54, 1.807) is 6.07 Å². The fraction of sp³-hybridized carbons (Fsp3) is 0.150. The second kappa shape index (κ2) is 8.21. The molecule has 2 aromatic rings. The first kappa shape index (κ1) is 19.5. The maximum atomic E-state index is 12.7. The van der Waals surface area contributed by atoms with Crippen LogP contribution in [0.5, 0.6) is 11.5 Å². The maximum absolute atomic E-state index is 12.7. The number of phenolic OH excluding ortho intramolecular Hbond substituents is 1. The molecule has 2 aromatic carbocycles. The molecule has 0 radical (unpaired) electrons. The molecule has 0 aliphatic carbocycles. The van der Waals surface area contributed by atoms with Crippen molar-refractivity contribution >= 4 is 17.5 Å². The monoisotopic (exact) mass is 390 g/mol. The smallest absolute Gasteiger partial charge is 0.270 e. The number of allylic oxidation sites excluding steroid dienone is 1. The molecule has 1 N–H and O–H groups in total. The van der Waals surface area contributed by atoms with E-state index in [9.17, 15) is 20.0 Å². The molecule has 1 heterocycles. The normalized spacial score (nSPS) is 13.6. The molecule has 0 saturated carbocycles. The summed E-state index contributed by atoms with van der Waals surface area (Å²) in [4.78, 5) is 24.6. The third-order valence-corrected chi connectivity index (χ3v) is 4.27. The zero-order chi connectivity index (χ0) is 21.0. The van der Waals surface area contributed by atoms with Gasteiger partial charge in [0.15, 0.2) is 5.76 Å². The Kier molecular flexibility index (Phi) is 5.54. The first-order valence-corrected chi connectivity index (χ1v) is 8.44. The van der Waals surface area contributed by atoms with Gasteiger partial charge in [-0.1, -0.05) is 12.1 Å². The highest BCUT2D eigenvalue weighted by atomic mass is 16.6. The van der Waals surface area contributed by atoms with E-state index in [1.165, 1.54) is 41.3 Å². The largest absolute Gasteiger partial charge is 0.507 e. The van der Waals surface area contributed by atoms with Crippen LogP contribution in [-0.4, -0.2) is 33.8 Å². The Hall–Kier alpha value is -4.21. The van der Waals surface area contributed by atoms with Gasteiger partial charge in [0.25, 0.3) is 5.69 Å². The van der Waals surface area contributed by atoms with Gasteiger partial charge in [-0.3, -0.25) is 19.8 Å². The van der Waals surface area contributed by atoms with Crippen molar-refractivity contribution in [2.75, 3.05) is 13.1 Å². The second-order valence-corrected chi connectivity index (χ2v) is 6.19. The Morgan fingerprint density at radius 3 is 2.59 bits per heavy atom. The van der Waals surface area contributed by atoms with Crippen LogP contribution in [0.15, 0.2) is 42.2 Å². The highest BCUT2D eigenvalue weighted by molar-refractivity contribution is 6.15. The minimum Gasteiger partial charge on any atom is -0.507 e. The summed E-state index contributed by atoms with van der Waals surface area (Å²) in [5.41, 5.74) is 0.799. The summed E-state index contributed by atoms with van der Waals surface area (Å²) < 4.78 is 5.68. The quantitative estimate of drug-likeness (QED) is 0.343. The number of ketones is 1. The molecule has 29 heavy (non-hydrogen) atoms. The van der Waals surface area contributed by atoms with Gasteiger partial charge in [0, 0.05) is 18.7 Å². The van der Waals surface area contributed by atoms with E-state index in [-0.39, 0.29) is 53.7 Å². The number of fused-ring (bicyclic) bond motifs is 1. The number of nitro benzene ring substituents is 1. The van der Waals surface area contributed by atoms with Crippen molar-refractivity contribution in [2.24, 2.45) is 0 Å². The van der Waals surface area contributed by atoms with Crippen LogP contribution >= 0.6 is 0 Å². The molecule has 0 fully saturated rings. The standard InChI is InChI=1S/C20H14N4O5/c21-6-8-23(9-7-22)12-16-17(25)5-4-15-19(26)18(29-20(15)16)11-13-2-1-3-14(10-13)24(27)28/h1-5,10-11,25H,8-9,12H2. The van der Waals surface area contributed by atoms with Gasteiger partial charge in [0.05, 0.1) is 41.3 Å². The number of Topliss-reactive ketones (excluding diaryl/α,β-unsaturated/α-hetero) is 1. The Morgan fingerprint density at radius 1 is 1.21 bits per heavy atom. The third-order valence-electron chi connectivity index (χ3n) is 4.27. The SMILES string of the molecule is N#CCN(CC#N)Cc1c(O)ccc2c1OC(=Cc1cccc([N+](=O)[O-])c1)C2=O. The van der Waals surface area contributed by atoms with Gasteiger partial charge in [0.1, 0.15) is 11.5 Å². The molecule has 0 amide bonds. The van der Waals surface area contributed by atoms with Crippen LogP contribution in [0.3, 0.4) is 0 Å². The first-order chi connectivity index (χ1) is 13.9. The minimum atomic E-state index is -0.538. The summed E-state index contributed by atoms with van der Waals surface area (Å²) in [5.74, 6) is -0.457. The lowest BCUT2D eigenvalue weighted by atomic mass is 10.0. The molecule has 0 unspecified atom stereocenters. The summed E-state index contributed by atoms with van der Waals surface area (Å²) in [6, 6.07) is 12.4. The van der Waals surface area contributed by atoms with Gasteiger partial charge in [-0.05, 0) is 23.8 Å². The Labute approximate surface area is 165 Å². The minimum absolute atomic E-state index is 0.0352. The molecule has 144 valence electrons. The molecule has 0 atom stereocenters. The van der Waals surface area contributed by atoms with E-state index in [4.69, 9.17) is 15.3 Å². The molecule has 1 aliphatic heterocycles. The Balaban J connectivity index is 1.96. The summed E-state index contributed by atoms with van der Waals surface area (Å²) >= 11 is 0. The number of ether oxygens (including phenoxy) is 1. The number of nitriles is 2. The van der Waals surface area contributed by atoms with E-state index in [0.717, 1.165) is 0 Å². The van der Waals surface area contributed by atoms with Crippen LogP contribution in [0.25, 0.3) is 6.08 Å². The number of carbonyl (C=O) groups excluding carboxylic acids is 1. The Morgan fingerprint density at radius 2 is 1.93 bits per heavy atom. The predicted octanol–water partition coefficient (Wildman–Crippen LogP) is 2.77. The van der Waals surface area contributed by atoms with Crippen molar-refractivity contribution in [3.05, 3.63) is 69.0 Å². The topological polar surface area (TPSA) is 140 Å². The number of hydrogen-bond acceptors (Lipinski definition) is 8. The number of nitrogens with zero attached hydrogens (tertiary/aromatic N) is 4. The zero-order valence-corrected chi connectivity index (χ0v) is 15.0. The van der Waals surface area contributed by atoms with Gasteiger partial charge in [0.2, 0.25) is 5.78 Å². The van der Waals surface area contributed by atoms with Gasteiger partial charge < -0.3 is 9.84 Å². The highest BCUT2D eigenvalue weighted by Gasteiger charge is 2.31. The molecule has 1 aliphatic rings. The van der Waals surface area contributed by atoms with E-state index in [1.807, 2.05) is 12.1 Å². The third kappa shape index (κ3) is 4.05. The van der Waals surface area contributed by atoms with Crippen LogP contribution in [0.4, 0.5) is 5.69 Å². The van der Waals surface area contributed by atoms with Crippen LogP contribution in [0.1, 0.15) is 21.5 Å².